The predicted octanol–water partition coefficient (Wildman–Crippen LogP) is 2.04. The van der Waals surface area contributed by atoms with Crippen LogP contribution < -0.4 is 16.0 Å². The van der Waals surface area contributed by atoms with Crippen molar-refractivity contribution in [1.82, 2.24) is 20.9 Å². The van der Waals surface area contributed by atoms with Crippen LogP contribution in [0, 0.1) is 11.8 Å². The molecule has 7 heteroatoms. The third-order valence-electron chi connectivity index (χ3n) is 6.08. The average molecular weight is 421 g/mol. The van der Waals surface area contributed by atoms with Gasteiger partial charge in [-0.2, -0.15) is 0 Å². The molecule has 1 saturated carbocycles. The molecule has 4 amide bonds. The summed E-state index contributed by atoms with van der Waals surface area (Å²) in [4.78, 5) is 39.3. The van der Waals surface area contributed by atoms with Crippen molar-refractivity contribution in [1.29, 1.82) is 0 Å². The molecule has 31 heavy (non-hydrogen) atoms. The highest BCUT2D eigenvalue weighted by Crippen LogP contribution is 2.33. The number of urea groups is 1. The maximum absolute atomic E-state index is 12.7. The van der Waals surface area contributed by atoms with E-state index in [4.69, 9.17) is 0 Å². The van der Waals surface area contributed by atoms with E-state index in [0.29, 0.717) is 32.5 Å². The van der Waals surface area contributed by atoms with E-state index in [0.717, 1.165) is 11.1 Å². The number of rotatable bonds is 5. The van der Waals surface area contributed by atoms with Crippen LogP contribution in [0.15, 0.2) is 60.7 Å². The highest BCUT2D eigenvalue weighted by molar-refractivity contribution is 5.85. The largest absolute Gasteiger partial charge is 0.352 e. The van der Waals surface area contributed by atoms with Gasteiger partial charge < -0.3 is 20.9 Å². The molecular formula is C24H28N4O3. The summed E-state index contributed by atoms with van der Waals surface area (Å²) in [7, 11) is 0. The Kier molecular flexibility index (Phi) is 6.50. The second kappa shape index (κ2) is 9.64. The predicted molar refractivity (Wildman–Crippen MR) is 117 cm³/mol. The molecule has 2 aromatic carbocycles. The topological polar surface area (TPSA) is 90.5 Å². The molecular weight excluding hydrogens is 392 g/mol. The third-order valence-corrected chi connectivity index (χ3v) is 6.08. The Morgan fingerprint density at radius 3 is 2.16 bits per heavy atom. The summed E-state index contributed by atoms with van der Waals surface area (Å²) >= 11 is 0. The summed E-state index contributed by atoms with van der Waals surface area (Å²) in [5, 5.41) is 8.92. The molecule has 2 fully saturated rings. The maximum Gasteiger partial charge on any atom is 0.318 e. The Morgan fingerprint density at radius 2 is 1.52 bits per heavy atom. The molecule has 0 bridgehead atoms. The fourth-order valence-corrected chi connectivity index (χ4v) is 4.46. The van der Waals surface area contributed by atoms with Gasteiger partial charge in [-0.25, -0.2) is 4.79 Å². The van der Waals surface area contributed by atoms with Gasteiger partial charge in [0.05, 0.1) is 0 Å². The van der Waals surface area contributed by atoms with Gasteiger partial charge in [-0.3, -0.25) is 9.59 Å². The molecule has 1 heterocycles. The molecule has 0 aromatic heterocycles. The van der Waals surface area contributed by atoms with E-state index in [9.17, 15) is 14.4 Å². The van der Waals surface area contributed by atoms with Gasteiger partial charge in [-0.1, -0.05) is 60.7 Å². The number of carbonyl (C=O) groups excluding carboxylic acids is 3. The van der Waals surface area contributed by atoms with Gasteiger partial charge in [0.25, 0.3) is 0 Å². The Balaban J connectivity index is 1.32. The smallest absolute Gasteiger partial charge is 0.318 e. The molecule has 2 aromatic rings. The van der Waals surface area contributed by atoms with Gasteiger partial charge in [0.1, 0.15) is 6.54 Å². The minimum atomic E-state index is -0.253. The first-order chi connectivity index (χ1) is 15.1. The molecule has 0 spiro atoms. The van der Waals surface area contributed by atoms with Gasteiger partial charge in [0, 0.05) is 31.6 Å². The Bertz CT molecular complexity index is 919. The Morgan fingerprint density at radius 1 is 0.903 bits per heavy atom. The summed E-state index contributed by atoms with van der Waals surface area (Å²) in [6, 6.07) is 19.1. The molecule has 0 radical (unpaired) electrons. The van der Waals surface area contributed by atoms with Crippen LogP contribution in [0.1, 0.15) is 24.0 Å². The summed E-state index contributed by atoms with van der Waals surface area (Å²) < 4.78 is 0. The molecule has 7 nitrogen and oxygen atoms in total. The zero-order chi connectivity index (χ0) is 21.6. The fraction of sp³-hybridized carbons (Fsp3) is 0.375. The van der Waals surface area contributed by atoms with E-state index in [2.05, 4.69) is 16.0 Å². The van der Waals surface area contributed by atoms with Crippen molar-refractivity contribution < 1.29 is 14.4 Å². The lowest BCUT2D eigenvalue weighted by molar-refractivity contribution is -0.125. The number of hydrogen-bond donors (Lipinski definition) is 3. The first-order valence-corrected chi connectivity index (χ1v) is 10.8. The fourth-order valence-electron chi connectivity index (χ4n) is 4.46. The van der Waals surface area contributed by atoms with Crippen molar-refractivity contribution in [2.24, 2.45) is 11.8 Å². The van der Waals surface area contributed by atoms with E-state index in [1.165, 1.54) is 0 Å². The molecule has 2 aliphatic rings. The number of hydrogen-bond acceptors (Lipinski definition) is 3. The van der Waals surface area contributed by atoms with Gasteiger partial charge in [-0.15, -0.1) is 0 Å². The summed E-state index contributed by atoms with van der Waals surface area (Å²) in [6.45, 7) is 1.41. The second-order valence-corrected chi connectivity index (χ2v) is 8.33. The van der Waals surface area contributed by atoms with Gasteiger partial charge in [0.2, 0.25) is 11.8 Å². The second-order valence-electron chi connectivity index (χ2n) is 8.33. The molecule has 3 N–H and O–H groups in total. The lowest BCUT2D eigenvalue weighted by Crippen LogP contribution is -2.44. The molecule has 162 valence electrons. The Hall–Kier alpha value is -3.35. The van der Waals surface area contributed by atoms with Gasteiger partial charge in [-0.05, 0) is 29.9 Å². The maximum atomic E-state index is 12.7. The first kappa shape index (κ1) is 20.9. The third kappa shape index (κ3) is 5.42. The van der Waals surface area contributed by atoms with Crippen molar-refractivity contribution >= 4 is 17.8 Å². The van der Waals surface area contributed by atoms with Crippen LogP contribution in [0.5, 0.6) is 0 Å². The van der Waals surface area contributed by atoms with E-state index >= 15 is 0 Å². The van der Waals surface area contributed by atoms with Crippen molar-refractivity contribution in [3.05, 3.63) is 71.8 Å². The van der Waals surface area contributed by atoms with Crippen LogP contribution in [0.4, 0.5) is 4.79 Å². The molecule has 4 rings (SSSR count). The van der Waals surface area contributed by atoms with E-state index in [1.54, 1.807) is 4.90 Å². The summed E-state index contributed by atoms with van der Waals surface area (Å²) in [5.41, 5.74) is 2.06. The van der Waals surface area contributed by atoms with Gasteiger partial charge in [0.15, 0.2) is 0 Å². The number of nitrogens with one attached hydrogen (secondary N) is 3. The van der Waals surface area contributed by atoms with E-state index < -0.39 is 0 Å². The van der Waals surface area contributed by atoms with Crippen LogP contribution in [-0.2, 0) is 22.7 Å². The molecule has 0 unspecified atom stereocenters. The summed E-state index contributed by atoms with van der Waals surface area (Å²) in [5.74, 6) is -0.258. The lowest BCUT2D eigenvalue weighted by atomic mass is 10.0. The molecule has 1 aliphatic heterocycles. The number of amides is 4. The van der Waals surface area contributed by atoms with Crippen molar-refractivity contribution in [2.45, 2.75) is 32.0 Å². The SMILES string of the molecule is O=C1CN(C(=O)NCc2ccccc2)C[C@H]2C[C@H](C(=O)NCc3ccccc3)C[C@H]2N1. The van der Waals surface area contributed by atoms with Crippen LogP contribution >= 0.6 is 0 Å². The first-order valence-electron chi connectivity index (χ1n) is 10.8. The van der Waals surface area contributed by atoms with Gasteiger partial charge >= 0.3 is 6.03 Å². The van der Waals surface area contributed by atoms with Crippen molar-refractivity contribution in [3.8, 4) is 0 Å². The van der Waals surface area contributed by atoms with Crippen LogP contribution in [-0.4, -0.2) is 41.9 Å². The average Bonchev–Trinajstić information content (AvgIpc) is 3.11. The zero-order valence-electron chi connectivity index (χ0n) is 17.4. The molecule has 1 aliphatic carbocycles. The summed E-state index contributed by atoms with van der Waals surface area (Å²) in [6.07, 6.45) is 1.27. The number of benzene rings is 2. The lowest BCUT2D eigenvalue weighted by Gasteiger charge is -2.23. The molecule has 1 saturated heterocycles. The standard InChI is InChI=1S/C24H28N4O3/c29-22-16-28(24(31)26-14-18-9-5-2-6-10-18)15-20-11-19(12-21(20)27-22)23(30)25-13-17-7-3-1-4-8-17/h1-10,19-21H,11-16H2,(H,25,30)(H,26,31)(H,27,29)/t19-,20+,21+/m0/s1. The van der Waals surface area contributed by atoms with Crippen molar-refractivity contribution in [3.63, 3.8) is 0 Å². The van der Waals surface area contributed by atoms with E-state index in [1.807, 2.05) is 60.7 Å². The van der Waals surface area contributed by atoms with Crippen LogP contribution in [0.3, 0.4) is 0 Å². The quantitative estimate of drug-likeness (QED) is 0.691. The zero-order valence-corrected chi connectivity index (χ0v) is 17.4. The highest BCUT2D eigenvalue weighted by atomic mass is 16.2. The number of carbonyl (C=O) groups is 3. The highest BCUT2D eigenvalue weighted by Gasteiger charge is 2.42. The Labute approximate surface area is 182 Å². The van der Waals surface area contributed by atoms with Crippen molar-refractivity contribution in [2.75, 3.05) is 13.1 Å². The minimum absolute atomic E-state index is 0.00579. The van der Waals surface area contributed by atoms with Crippen LogP contribution in [0.2, 0.25) is 0 Å². The number of fused-ring (bicyclic) bond motifs is 1. The minimum Gasteiger partial charge on any atom is -0.352 e. The number of nitrogens with zero attached hydrogens (tertiary/aromatic N) is 1. The molecule has 3 atom stereocenters. The van der Waals surface area contributed by atoms with Crippen LogP contribution in [0.25, 0.3) is 0 Å². The monoisotopic (exact) mass is 420 g/mol. The normalized spacial score (nSPS) is 22.8. The van der Waals surface area contributed by atoms with E-state index in [-0.39, 0.29) is 42.3 Å².